The number of hydrazone groups is 1. The Hall–Kier alpha value is -1.96. The molecule has 0 heterocycles. The van der Waals surface area contributed by atoms with E-state index in [1.807, 2.05) is 42.5 Å². The minimum absolute atomic E-state index is 0.287. The minimum Gasteiger partial charge on any atom is -0.487 e. The first kappa shape index (κ1) is 20.8. The fraction of sp³-hybridized carbons (Fsp3) is 0.0476. The van der Waals surface area contributed by atoms with Gasteiger partial charge in [0, 0.05) is 20.1 Å². The van der Waals surface area contributed by atoms with Crippen molar-refractivity contribution in [2.45, 2.75) is 6.61 Å². The molecular formula is C21H15Br3N2O2. The zero-order valence-electron chi connectivity index (χ0n) is 14.5. The summed E-state index contributed by atoms with van der Waals surface area (Å²) in [5.74, 6) is 0.360. The summed E-state index contributed by atoms with van der Waals surface area (Å²) in [7, 11) is 0. The Labute approximate surface area is 188 Å². The summed E-state index contributed by atoms with van der Waals surface area (Å²) in [5.41, 5.74) is 4.85. The van der Waals surface area contributed by atoms with Gasteiger partial charge in [-0.25, -0.2) is 5.43 Å². The maximum atomic E-state index is 12.2. The van der Waals surface area contributed by atoms with Crippen LogP contribution in [-0.2, 0) is 6.61 Å². The molecule has 0 radical (unpaired) electrons. The molecule has 3 aromatic carbocycles. The zero-order valence-corrected chi connectivity index (χ0v) is 19.3. The molecule has 0 aliphatic carbocycles. The summed E-state index contributed by atoms with van der Waals surface area (Å²) >= 11 is 10.3. The molecule has 0 bridgehead atoms. The SMILES string of the molecule is O=C(NN=Cc1cc(Br)cc(Br)c1OCc1ccccc1)c1ccc(Br)cc1. The molecule has 142 valence electrons. The van der Waals surface area contributed by atoms with Crippen molar-refractivity contribution in [1.29, 1.82) is 0 Å². The highest BCUT2D eigenvalue weighted by Crippen LogP contribution is 2.32. The Morgan fingerprint density at radius 3 is 2.39 bits per heavy atom. The van der Waals surface area contributed by atoms with Crippen LogP contribution in [0.2, 0.25) is 0 Å². The third kappa shape index (κ3) is 5.77. The molecule has 4 nitrogen and oxygen atoms in total. The van der Waals surface area contributed by atoms with Crippen LogP contribution in [0.4, 0.5) is 0 Å². The van der Waals surface area contributed by atoms with E-state index in [0.29, 0.717) is 17.9 Å². The molecule has 0 fully saturated rings. The third-order valence-electron chi connectivity index (χ3n) is 3.74. The summed E-state index contributed by atoms with van der Waals surface area (Å²) in [5, 5.41) is 4.08. The number of benzene rings is 3. The van der Waals surface area contributed by atoms with E-state index in [1.54, 1.807) is 30.5 Å². The molecule has 0 unspecified atom stereocenters. The van der Waals surface area contributed by atoms with Gasteiger partial charge in [0.1, 0.15) is 12.4 Å². The van der Waals surface area contributed by atoms with Crippen LogP contribution in [0, 0.1) is 0 Å². The lowest BCUT2D eigenvalue weighted by atomic mass is 10.2. The van der Waals surface area contributed by atoms with E-state index in [4.69, 9.17) is 4.74 Å². The van der Waals surface area contributed by atoms with Crippen molar-refractivity contribution in [3.63, 3.8) is 0 Å². The fourth-order valence-corrected chi connectivity index (χ4v) is 4.02. The normalized spacial score (nSPS) is 10.8. The molecule has 0 aromatic heterocycles. The maximum absolute atomic E-state index is 12.2. The second kappa shape index (κ2) is 10.0. The molecule has 0 aliphatic rings. The Kier molecular flexibility index (Phi) is 7.42. The Bertz CT molecular complexity index is 991. The number of rotatable bonds is 6. The number of nitrogens with zero attached hydrogens (tertiary/aromatic N) is 1. The van der Waals surface area contributed by atoms with Crippen molar-refractivity contribution in [2.75, 3.05) is 0 Å². The molecule has 1 N–H and O–H groups in total. The molecule has 0 saturated heterocycles. The first-order chi connectivity index (χ1) is 13.5. The predicted molar refractivity (Wildman–Crippen MR) is 122 cm³/mol. The molecule has 3 rings (SSSR count). The van der Waals surface area contributed by atoms with Crippen molar-refractivity contribution in [3.05, 3.63) is 96.8 Å². The Balaban J connectivity index is 1.74. The lowest BCUT2D eigenvalue weighted by molar-refractivity contribution is 0.0955. The van der Waals surface area contributed by atoms with Gasteiger partial charge in [-0.2, -0.15) is 5.10 Å². The van der Waals surface area contributed by atoms with E-state index < -0.39 is 0 Å². The van der Waals surface area contributed by atoms with Crippen LogP contribution in [0.3, 0.4) is 0 Å². The third-order valence-corrected chi connectivity index (χ3v) is 5.31. The van der Waals surface area contributed by atoms with Crippen molar-refractivity contribution in [3.8, 4) is 5.75 Å². The maximum Gasteiger partial charge on any atom is 0.271 e. The zero-order chi connectivity index (χ0) is 19.9. The van der Waals surface area contributed by atoms with Gasteiger partial charge in [-0.05, 0) is 57.9 Å². The van der Waals surface area contributed by atoms with Crippen LogP contribution in [0.25, 0.3) is 0 Å². The first-order valence-electron chi connectivity index (χ1n) is 8.27. The Morgan fingerprint density at radius 2 is 1.68 bits per heavy atom. The van der Waals surface area contributed by atoms with Crippen molar-refractivity contribution < 1.29 is 9.53 Å². The summed E-state index contributed by atoms with van der Waals surface area (Å²) < 4.78 is 8.55. The number of hydrogen-bond donors (Lipinski definition) is 1. The Morgan fingerprint density at radius 1 is 0.964 bits per heavy atom. The second-order valence-electron chi connectivity index (χ2n) is 5.79. The van der Waals surface area contributed by atoms with Crippen molar-refractivity contribution >= 4 is 59.9 Å². The largest absolute Gasteiger partial charge is 0.487 e. The van der Waals surface area contributed by atoms with Crippen LogP contribution in [0.5, 0.6) is 5.75 Å². The van der Waals surface area contributed by atoms with Crippen LogP contribution in [0.1, 0.15) is 21.5 Å². The first-order valence-corrected chi connectivity index (χ1v) is 10.7. The van der Waals surface area contributed by atoms with Gasteiger partial charge in [-0.3, -0.25) is 4.79 Å². The molecular weight excluding hydrogens is 552 g/mol. The van der Waals surface area contributed by atoms with Gasteiger partial charge in [0.2, 0.25) is 0 Å². The molecule has 0 atom stereocenters. The van der Waals surface area contributed by atoms with E-state index in [0.717, 1.165) is 24.5 Å². The highest BCUT2D eigenvalue weighted by atomic mass is 79.9. The van der Waals surface area contributed by atoms with E-state index in [9.17, 15) is 4.79 Å². The quantitative estimate of drug-likeness (QED) is 0.280. The van der Waals surface area contributed by atoms with Crippen molar-refractivity contribution in [1.82, 2.24) is 5.43 Å². The fourth-order valence-electron chi connectivity index (χ4n) is 2.38. The average Bonchev–Trinajstić information content (AvgIpc) is 2.68. The van der Waals surface area contributed by atoms with Crippen LogP contribution in [0.15, 0.2) is 85.2 Å². The van der Waals surface area contributed by atoms with Gasteiger partial charge in [0.25, 0.3) is 5.91 Å². The molecule has 0 aliphatic heterocycles. The number of carbonyl (C=O) groups excluding carboxylic acids is 1. The number of amides is 1. The standard InChI is InChI=1S/C21H15Br3N2O2/c22-17-8-6-15(7-9-17)21(27)26-25-12-16-10-18(23)11-19(24)20(16)28-13-14-4-2-1-3-5-14/h1-12H,13H2,(H,26,27). The van der Waals surface area contributed by atoms with Crippen LogP contribution < -0.4 is 10.2 Å². The predicted octanol–water partition coefficient (Wildman–Crippen LogP) is 6.32. The molecule has 0 saturated carbocycles. The van der Waals surface area contributed by atoms with E-state index >= 15 is 0 Å². The minimum atomic E-state index is -0.287. The number of carbonyl (C=O) groups is 1. The highest BCUT2D eigenvalue weighted by molar-refractivity contribution is 9.11. The molecule has 28 heavy (non-hydrogen) atoms. The van der Waals surface area contributed by atoms with E-state index in [2.05, 4.69) is 58.3 Å². The second-order valence-corrected chi connectivity index (χ2v) is 8.47. The molecule has 7 heteroatoms. The topological polar surface area (TPSA) is 50.7 Å². The molecule has 3 aromatic rings. The van der Waals surface area contributed by atoms with Gasteiger partial charge < -0.3 is 4.74 Å². The molecule has 1 amide bonds. The monoisotopic (exact) mass is 564 g/mol. The van der Waals surface area contributed by atoms with Gasteiger partial charge in [-0.15, -0.1) is 0 Å². The molecule has 0 spiro atoms. The van der Waals surface area contributed by atoms with Crippen LogP contribution >= 0.6 is 47.8 Å². The number of halogens is 3. The summed E-state index contributed by atoms with van der Waals surface area (Å²) in [4.78, 5) is 12.2. The lowest BCUT2D eigenvalue weighted by Gasteiger charge is -2.12. The number of nitrogens with one attached hydrogen (secondary N) is 1. The summed E-state index contributed by atoms with van der Waals surface area (Å²) in [6, 6.07) is 20.7. The lowest BCUT2D eigenvalue weighted by Crippen LogP contribution is -2.17. The van der Waals surface area contributed by atoms with Gasteiger partial charge >= 0.3 is 0 Å². The van der Waals surface area contributed by atoms with Crippen LogP contribution in [-0.4, -0.2) is 12.1 Å². The number of hydrogen-bond acceptors (Lipinski definition) is 3. The highest BCUT2D eigenvalue weighted by Gasteiger charge is 2.10. The van der Waals surface area contributed by atoms with E-state index in [-0.39, 0.29) is 5.91 Å². The average molecular weight is 567 g/mol. The van der Waals surface area contributed by atoms with Crippen molar-refractivity contribution in [2.24, 2.45) is 5.10 Å². The van der Waals surface area contributed by atoms with E-state index in [1.165, 1.54) is 0 Å². The van der Waals surface area contributed by atoms with Gasteiger partial charge in [-0.1, -0.05) is 62.2 Å². The number of ether oxygens (including phenoxy) is 1. The van der Waals surface area contributed by atoms with Gasteiger partial charge in [0.15, 0.2) is 0 Å². The smallest absolute Gasteiger partial charge is 0.271 e. The van der Waals surface area contributed by atoms with Gasteiger partial charge in [0.05, 0.1) is 10.7 Å². The summed E-state index contributed by atoms with van der Waals surface area (Å²) in [6.45, 7) is 0.424. The summed E-state index contributed by atoms with van der Waals surface area (Å²) in [6.07, 6.45) is 1.56.